The number of carbonyl (C=O) groups is 1. The molecule has 0 saturated carbocycles. The Morgan fingerprint density at radius 1 is 1.40 bits per heavy atom. The Bertz CT molecular complexity index is 625. The van der Waals surface area contributed by atoms with Crippen LogP contribution in [0.4, 0.5) is 5.69 Å². The van der Waals surface area contributed by atoms with Crippen LogP contribution in [-0.2, 0) is 6.54 Å². The van der Waals surface area contributed by atoms with Gasteiger partial charge in [0.15, 0.2) is 4.67 Å². The number of rotatable bonds is 4. The minimum absolute atomic E-state index is 0.186. The summed E-state index contributed by atoms with van der Waals surface area (Å²) in [5, 5.41) is 0. The van der Waals surface area contributed by atoms with E-state index >= 15 is 0 Å². The molecular formula is C14H15BrN2O3. The highest BCUT2D eigenvalue weighted by Crippen LogP contribution is 2.22. The highest BCUT2D eigenvalue weighted by atomic mass is 79.9. The third-order valence-electron chi connectivity index (χ3n) is 2.86. The van der Waals surface area contributed by atoms with Crippen LogP contribution >= 0.6 is 15.9 Å². The van der Waals surface area contributed by atoms with Crippen molar-refractivity contribution < 1.29 is 13.9 Å². The van der Waals surface area contributed by atoms with E-state index in [-0.39, 0.29) is 5.91 Å². The number of halogens is 1. The predicted molar refractivity (Wildman–Crippen MR) is 79.6 cm³/mol. The summed E-state index contributed by atoms with van der Waals surface area (Å²) in [4.78, 5) is 13.9. The molecule has 0 fully saturated rings. The van der Waals surface area contributed by atoms with Gasteiger partial charge in [-0.05, 0) is 46.3 Å². The molecule has 2 N–H and O–H groups in total. The predicted octanol–water partition coefficient (Wildman–Crippen LogP) is 2.91. The molecular weight excluding hydrogens is 324 g/mol. The average Bonchev–Trinajstić information content (AvgIpc) is 2.84. The smallest absolute Gasteiger partial charge is 0.256 e. The van der Waals surface area contributed by atoms with Crippen molar-refractivity contribution in [1.82, 2.24) is 4.90 Å². The molecule has 1 heterocycles. The second-order valence-corrected chi connectivity index (χ2v) is 5.10. The third kappa shape index (κ3) is 3.14. The van der Waals surface area contributed by atoms with Crippen molar-refractivity contribution in [2.75, 3.05) is 19.9 Å². The quantitative estimate of drug-likeness (QED) is 0.870. The fourth-order valence-electron chi connectivity index (χ4n) is 1.80. The van der Waals surface area contributed by atoms with Crippen molar-refractivity contribution in [3.8, 4) is 5.75 Å². The van der Waals surface area contributed by atoms with Gasteiger partial charge in [-0.1, -0.05) is 0 Å². The van der Waals surface area contributed by atoms with Gasteiger partial charge in [0, 0.05) is 12.7 Å². The number of nitrogens with two attached hydrogens (primary N) is 1. The van der Waals surface area contributed by atoms with Gasteiger partial charge in [-0.3, -0.25) is 4.79 Å². The van der Waals surface area contributed by atoms with Crippen LogP contribution in [0.25, 0.3) is 0 Å². The Morgan fingerprint density at radius 2 is 2.15 bits per heavy atom. The molecule has 1 amide bonds. The molecule has 2 aromatic rings. The molecule has 1 aromatic heterocycles. The van der Waals surface area contributed by atoms with Crippen LogP contribution in [-0.4, -0.2) is 25.0 Å². The van der Waals surface area contributed by atoms with Crippen molar-refractivity contribution >= 4 is 27.5 Å². The average molecular weight is 339 g/mol. The normalized spacial score (nSPS) is 10.3. The molecule has 0 radical (unpaired) electrons. The molecule has 0 spiro atoms. The fraction of sp³-hybridized carbons (Fsp3) is 0.214. The Labute approximate surface area is 125 Å². The molecule has 6 heteroatoms. The lowest BCUT2D eigenvalue weighted by atomic mass is 10.1. The van der Waals surface area contributed by atoms with Gasteiger partial charge in [0.05, 0.1) is 19.2 Å². The molecule has 0 saturated heterocycles. The summed E-state index contributed by atoms with van der Waals surface area (Å²) >= 11 is 3.23. The summed E-state index contributed by atoms with van der Waals surface area (Å²) in [6.07, 6.45) is 0. The monoisotopic (exact) mass is 338 g/mol. The molecule has 0 atom stereocenters. The van der Waals surface area contributed by atoms with Gasteiger partial charge in [0.1, 0.15) is 11.5 Å². The second-order valence-electron chi connectivity index (χ2n) is 4.32. The molecule has 20 heavy (non-hydrogen) atoms. The van der Waals surface area contributed by atoms with E-state index in [9.17, 15) is 4.79 Å². The van der Waals surface area contributed by atoms with Crippen LogP contribution in [0.5, 0.6) is 5.75 Å². The summed E-state index contributed by atoms with van der Waals surface area (Å²) in [6, 6.07) is 8.60. The lowest BCUT2D eigenvalue weighted by molar-refractivity contribution is 0.0775. The van der Waals surface area contributed by atoms with Crippen molar-refractivity contribution in [2.45, 2.75) is 6.54 Å². The number of amides is 1. The summed E-state index contributed by atoms with van der Waals surface area (Å²) in [5.74, 6) is 1.10. The number of hydrogen-bond acceptors (Lipinski definition) is 4. The Hall–Kier alpha value is -1.95. The van der Waals surface area contributed by atoms with Crippen LogP contribution < -0.4 is 10.5 Å². The molecule has 2 rings (SSSR count). The largest absolute Gasteiger partial charge is 0.497 e. The number of benzene rings is 1. The Balaban J connectivity index is 2.17. The van der Waals surface area contributed by atoms with Crippen molar-refractivity contribution in [2.24, 2.45) is 0 Å². The highest BCUT2D eigenvalue weighted by molar-refractivity contribution is 9.10. The molecule has 1 aromatic carbocycles. The van der Waals surface area contributed by atoms with Crippen LogP contribution in [0.1, 0.15) is 16.1 Å². The van der Waals surface area contributed by atoms with E-state index in [1.807, 2.05) is 6.07 Å². The first-order valence-corrected chi connectivity index (χ1v) is 6.73. The van der Waals surface area contributed by atoms with Gasteiger partial charge < -0.3 is 19.8 Å². The van der Waals surface area contributed by atoms with Gasteiger partial charge >= 0.3 is 0 Å². The molecule has 0 bridgehead atoms. The number of carbonyl (C=O) groups excluding carboxylic acids is 1. The van der Waals surface area contributed by atoms with E-state index in [1.54, 1.807) is 38.4 Å². The third-order valence-corrected chi connectivity index (χ3v) is 3.29. The zero-order chi connectivity index (χ0) is 14.7. The summed E-state index contributed by atoms with van der Waals surface area (Å²) in [5.41, 5.74) is 6.68. The lowest BCUT2D eigenvalue weighted by Gasteiger charge is -2.17. The van der Waals surface area contributed by atoms with E-state index in [4.69, 9.17) is 14.9 Å². The van der Waals surface area contributed by atoms with Crippen molar-refractivity contribution in [3.05, 3.63) is 46.3 Å². The van der Waals surface area contributed by atoms with Gasteiger partial charge in [0.2, 0.25) is 0 Å². The maximum atomic E-state index is 12.4. The van der Waals surface area contributed by atoms with E-state index < -0.39 is 0 Å². The summed E-state index contributed by atoms with van der Waals surface area (Å²) in [7, 11) is 3.24. The van der Waals surface area contributed by atoms with E-state index in [0.29, 0.717) is 34.0 Å². The SMILES string of the molecule is COc1ccc(N)c(C(=O)N(C)Cc2ccc(Br)o2)c1. The van der Waals surface area contributed by atoms with Crippen LogP contribution in [0, 0.1) is 0 Å². The molecule has 0 aliphatic rings. The standard InChI is InChI=1S/C14H15BrN2O3/c1-17(8-10-4-6-13(15)20-10)14(18)11-7-9(19-2)3-5-12(11)16/h3-7H,8,16H2,1-2H3. The van der Waals surface area contributed by atoms with Gasteiger partial charge in [-0.15, -0.1) is 0 Å². The van der Waals surface area contributed by atoms with Gasteiger partial charge in [-0.2, -0.15) is 0 Å². The molecule has 0 unspecified atom stereocenters. The number of anilines is 1. The highest BCUT2D eigenvalue weighted by Gasteiger charge is 2.17. The number of nitrogens with zero attached hydrogens (tertiary/aromatic N) is 1. The summed E-state index contributed by atoms with van der Waals surface area (Å²) < 4.78 is 11.1. The first-order valence-electron chi connectivity index (χ1n) is 5.94. The van der Waals surface area contributed by atoms with Crippen molar-refractivity contribution in [3.63, 3.8) is 0 Å². The van der Waals surface area contributed by atoms with Gasteiger partial charge in [0.25, 0.3) is 5.91 Å². The van der Waals surface area contributed by atoms with Gasteiger partial charge in [-0.25, -0.2) is 0 Å². The van der Waals surface area contributed by atoms with Crippen LogP contribution in [0.15, 0.2) is 39.4 Å². The van der Waals surface area contributed by atoms with Crippen LogP contribution in [0.3, 0.4) is 0 Å². The number of methoxy groups -OCH3 is 1. The maximum Gasteiger partial charge on any atom is 0.256 e. The Morgan fingerprint density at radius 3 is 2.75 bits per heavy atom. The molecule has 0 aliphatic heterocycles. The van der Waals surface area contributed by atoms with Crippen molar-refractivity contribution in [1.29, 1.82) is 0 Å². The number of furan rings is 1. The number of ether oxygens (including phenoxy) is 1. The second kappa shape index (κ2) is 6.00. The van der Waals surface area contributed by atoms with E-state index in [1.165, 1.54) is 4.90 Å². The topological polar surface area (TPSA) is 68.7 Å². The molecule has 0 aliphatic carbocycles. The first-order chi connectivity index (χ1) is 9.51. The molecule has 5 nitrogen and oxygen atoms in total. The molecule has 106 valence electrons. The number of hydrogen-bond donors (Lipinski definition) is 1. The van der Waals surface area contributed by atoms with E-state index in [2.05, 4.69) is 15.9 Å². The van der Waals surface area contributed by atoms with Crippen LogP contribution in [0.2, 0.25) is 0 Å². The minimum atomic E-state index is -0.186. The lowest BCUT2D eigenvalue weighted by Crippen LogP contribution is -2.26. The minimum Gasteiger partial charge on any atom is -0.497 e. The first kappa shape index (κ1) is 14.5. The maximum absolute atomic E-state index is 12.4. The number of nitrogen functional groups attached to an aromatic ring is 1. The van der Waals surface area contributed by atoms with E-state index in [0.717, 1.165) is 0 Å². The zero-order valence-electron chi connectivity index (χ0n) is 11.2. The fourth-order valence-corrected chi connectivity index (χ4v) is 2.14. The summed E-state index contributed by atoms with van der Waals surface area (Å²) in [6.45, 7) is 0.362. The Kier molecular flexibility index (Phi) is 4.34. The zero-order valence-corrected chi connectivity index (χ0v) is 12.8.